The van der Waals surface area contributed by atoms with Crippen molar-refractivity contribution in [1.29, 1.82) is 0 Å². The van der Waals surface area contributed by atoms with Crippen LogP contribution in [0.4, 0.5) is 0 Å². The van der Waals surface area contributed by atoms with Gasteiger partial charge in [0.2, 0.25) is 5.91 Å². The van der Waals surface area contributed by atoms with Crippen molar-refractivity contribution >= 4 is 17.9 Å². The summed E-state index contributed by atoms with van der Waals surface area (Å²) in [6, 6.07) is 25.4. The van der Waals surface area contributed by atoms with E-state index in [1.165, 1.54) is 27.2 Å². The number of carbonyl (C=O) groups is 1. The van der Waals surface area contributed by atoms with Gasteiger partial charge in [-0.3, -0.25) is 4.79 Å². The van der Waals surface area contributed by atoms with E-state index in [1.807, 2.05) is 6.07 Å². The molecule has 0 radical (unpaired) electrons. The van der Waals surface area contributed by atoms with Gasteiger partial charge in [0.1, 0.15) is 0 Å². The third-order valence-corrected chi connectivity index (χ3v) is 9.37. The van der Waals surface area contributed by atoms with Gasteiger partial charge in [0.15, 0.2) is 0 Å². The molecule has 1 aliphatic rings. The Morgan fingerprint density at radius 3 is 1.84 bits per heavy atom. The van der Waals surface area contributed by atoms with Crippen LogP contribution in [0.15, 0.2) is 101 Å². The van der Waals surface area contributed by atoms with Gasteiger partial charge < -0.3 is 5.32 Å². The first-order chi connectivity index (χ1) is 20.7. The standard InChI is InChI=1S/C39H50N2OS/c1-27(2)33-25-34(28(3)4)39(35(26-33)29(5)6)43-41-38(32-22-14-9-15-23-32)37(31-20-12-8-13-21-31)40-36(42)24-16-19-30-17-10-7-11-18-30/h7-10,12-15,18,20-23,25-29,37-38,41H,11,16-17,19,24H2,1-6H3,(H,40,42)/t37-,38-/m0/s1. The van der Waals surface area contributed by atoms with E-state index in [4.69, 9.17) is 0 Å². The maximum atomic E-state index is 13.5. The van der Waals surface area contributed by atoms with E-state index < -0.39 is 0 Å². The second-order valence-electron chi connectivity index (χ2n) is 12.7. The quantitative estimate of drug-likeness (QED) is 0.144. The van der Waals surface area contributed by atoms with Gasteiger partial charge >= 0.3 is 0 Å². The van der Waals surface area contributed by atoms with Gasteiger partial charge in [0.05, 0.1) is 12.1 Å². The Morgan fingerprint density at radius 1 is 0.744 bits per heavy atom. The Labute approximate surface area is 264 Å². The van der Waals surface area contributed by atoms with Gasteiger partial charge in [-0.1, -0.05) is 138 Å². The summed E-state index contributed by atoms with van der Waals surface area (Å²) < 4.78 is 3.89. The average molecular weight is 595 g/mol. The molecular weight excluding hydrogens is 545 g/mol. The molecule has 2 atom stereocenters. The third-order valence-electron chi connectivity index (χ3n) is 8.33. The second kappa shape index (κ2) is 16.1. The molecular formula is C39H50N2OS. The number of rotatable bonds is 14. The SMILES string of the molecule is CC(C)c1cc(C(C)C)c(SN[C@@H](c2ccccc2)[C@@H](NC(=O)CCCC2=CCC=CC2)c2ccccc2)c(C(C)C)c1. The lowest BCUT2D eigenvalue weighted by atomic mass is 9.89. The summed E-state index contributed by atoms with van der Waals surface area (Å²) in [5, 5.41) is 3.46. The maximum absolute atomic E-state index is 13.5. The first-order valence-corrected chi connectivity index (χ1v) is 16.9. The smallest absolute Gasteiger partial charge is 0.220 e. The lowest BCUT2D eigenvalue weighted by Gasteiger charge is -2.31. The fraction of sp³-hybridized carbons (Fsp3) is 0.410. The van der Waals surface area contributed by atoms with Crippen LogP contribution in [0.5, 0.6) is 0 Å². The molecule has 0 aliphatic heterocycles. The first kappa shape index (κ1) is 32.8. The molecule has 0 saturated heterocycles. The van der Waals surface area contributed by atoms with Crippen molar-refractivity contribution in [2.24, 2.45) is 0 Å². The molecule has 0 aromatic heterocycles. The van der Waals surface area contributed by atoms with Gasteiger partial charge in [-0.2, -0.15) is 0 Å². The highest BCUT2D eigenvalue weighted by Crippen LogP contribution is 2.40. The number of hydrogen-bond donors (Lipinski definition) is 2. The zero-order valence-electron chi connectivity index (χ0n) is 26.9. The summed E-state index contributed by atoms with van der Waals surface area (Å²) >= 11 is 1.73. The third kappa shape index (κ3) is 9.20. The molecule has 1 amide bonds. The van der Waals surface area contributed by atoms with Crippen LogP contribution in [-0.4, -0.2) is 5.91 Å². The largest absolute Gasteiger partial charge is 0.347 e. The van der Waals surface area contributed by atoms with E-state index in [2.05, 4.69) is 137 Å². The predicted molar refractivity (Wildman–Crippen MR) is 185 cm³/mol. The van der Waals surface area contributed by atoms with Crippen LogP contribution in [0.3, 0.4) is 0 Å². The number of amides is 1. The summed E-state index contributed by atoms with van der Waals surface area (Å²) in [6.07, 6.45) is 11.1. The van der Waals surface area contributed by atoms with Crippen molar-refractivity contribution in [1.82, 2.24) is 10.0 Å². The Bertz CT molecular complexity index is 1350. The molecule has 228 valence electrons. The lowest BCUT2D eigenvalue weighted by molar-refractivity contribution is -0.122. The number of hydrogen-bond acceptors (Lipinski definition) is 3. The Hall–Kier alpha value is -3.08. The van der Waals surface area contributed by atoms with Crippen molar-refractivity contribution in [2.45, 2.75) is 108 Å². The van der Waals surface area contributed by atoms with Crippen molar-refractivity contribution in [2.75, 3.05) is 0 Å². The van der Waals surface area contributed by atoms with E-state index in [9.17, 15) is 4.79 Å². The van der Waals surface area contributed by atoms with E-state index >= 15 is 0 Å². The van der Waals surface area contributed by atoms with E-state index in [-0.39, 0.29) is 18.0 Å². The minimum absolute atomic E-state index is 0.0977. The molecule has 4 rings (SSSR count). The fourth-order valence-electron chi connectivity index (χ4n) is 5.71. The second-order valence-corrected chi connectivity index (χ2v) is 13.5. The van der Waals surface area contributed by atoms with Crippen LogP contribution in [0.25, 0.3) is 0 Å². The van der Waals surface area contributed by atoms with Gasteiger partial charge in [0.25, 0.3) is 0 Å². The number of benzene rings is 3. The van der Waals surface area contributed by atoms with Crippen LogP contribution >= 0.6 is 11.9 Å². The summed E-state index contributed by atoms with van der Waals surface area (Å²) in [5.41, 5.74) is 7.85. The van der Waals surface area contributed by atoms with E-state index in [0.717, 1.165) is 36.8 Å². The molecule has 3 nitrogen and oxygen atoms in total. The molecule has 2 N–H and O–H groups in total. The molecule has 3 aromatic rings. The molecule has 43 heavy (non-hydrogen) atoms. The molecule has 0 bridgehead atoms. The molecule has 0 saturated carbocycles. The van der Waals surface area contributed by atoms with Gasteiger partial charge in [0, 0.05) is 11.3 Å². The van der Waals surface area contributed by atoms with Crippen LogP contribution in [-0.2, 0) is 4.79 Å². The summed E-state index contributed by atoms with van der Waals surface area (Å²) in [7, 11) is 0. The zero-order valence-corrected chi connectivity index (χ0v) is 27.7. The maximum Gasteiger partial charge on any atom is 0.220 e. The van der Waals surface area contributed by atoms with Crippen molar-refractivity contribution < 1.29 is 4.79 Å². The lowest BCUT2D eigenvalue weighted by Crippen LogP contribution is -2.36. The normalized spacial score (nSPS) is 14.7. The highest BCUT2D eigenvalue weighted by atomic mass is 32.2. The van der Waals surface area contributed by atoms with Crippen LogP contribution in [0, 0.1) is 0 Å². The number of nitrogens with one attached hydrogen (secondary N) is 2. The van der Waals surface area contributed by atoms with Crippen molar-refractivity contribution in [3.8, 4) is 0 Å². The minimum atomic E-state index is -0.222. The molecule has 0 spiro atoms. The number of allylic oxidation sites excluding steroid dienone is 4. The van der Waals surface area contributed by atoms with Gasteiger partial charge in [-0.05, 0) is 83.2 Å². The summed E-state index contributed by atoms with van der Waals surface area (Å²) in [4.78, 5) is 14.8. The predicted octanol–water partition coefficient (Wildman–Crippen LogP) is 10.7. The molecule has 0 unspecified atom stereocenters. The van der Waals surface area contributed by atoms with Gasteiger partial charge in [-0.15, -0.1) is 0 Å². The van der Waals surface area contributed by atoms with Crippen LogP contribution < -0.4 is 10.0 Å². The monoisotopic (exact) mass is 594 g/mol. The average Bonchev–Trinajstić information content (AvgIpc) is 3.01. The van der Waals surface area contributed by atoms with Crippen LogP contribution in [0.2, 0.25) is 0 Å². The first-order valence-electron chi connectivity index (χ1n) is 16.1. The molecule has 0 heterocycles. The fourth-order valence-corrected chi connectivity index (χ4v) is 7.05. The molecule has 3 aromatic carbocycles. The number of carbonyl (C=O) groups excluding carboxylic acids is 1. The van der Waals surface area contributed by atoms with Gasteiger partial charge in [-0.25, -0.2) is 4.72 Å². The topological polar surface area (TPSA) is 41.1 Å². The molecule has 4 heteroatoms. The van der Waals surface area contributed by atoms with E-state index in [0.29, 0.717) is 24.2 Å². The van der Waals surface area contributed by atoms with Crippen molar-refractivity contribution in [3.05, 3.63) is 124 Å². The highest BCUT2D eigenvalue weighted by Gasteiger charge is 2.28. The summed E-state index contributed by atoms with van der Waals surface area (Å²) in [6.45, 7) is 13.7. The Kier molecular flexibility index (Phi) is 12.3. The Balaban J connectivity index is 1.64. The van der Waals surface area contributed by atoms with Crippen LogP contribution in [0.1, 0.15) is 131 Å². The molecule has 0 fully saturated rings. The highest BCUT2D eigenvalue weighted by molar-refractivity contribution is 7.97. The Morgan fingerprint density at radius 2 is 1.33 bits per heavy atom. The minimum Gasteiger partial charge on any atom is -0.347 e. The van der Waals surface area contributed by atoms with E-state index in [1.54, 1.807) is 11.9 Å². The van der Waals surface area contributed by atoms with Crippen molar-refractivity contribution in [3.63, 3.8) is 0 Å². The molecule has 1 aliphatic carbocycles. The summed E-state index contributed by atoms with van der Waals surface area (Å²) in [5.74, 6) is 1.37. The zero-order chi connectivity index (χ0) is 30.8.